The van der Waals surface area contributed by atoms with Crippen molar-refractivity contribution in [2.75, 3.05) is 9.62 Å². The Morgan fingerprint density at radius 3 is 2.29 bits per heavy atom. The van der Waals surface area contributed by atoms with Gasteiger partial charge in [-0.3, -0.25) is 4.31 Å². The summed E-state index contributed by atoms with van der Waals surface area (Å²) >= 11 is 0. The molecule has 2 aromatic carbocycles. The molecule has 0 amide bonds. The first-order valence-electron chi connectivity index (χ1n) is 11.7. The molecule has 0 unspecified atom stereocenters. The number of fused-ring (bicyclic) bond motifs is 2. The van der Waals surface area contributed by atoms with Crippen molar-refractivity contribution in [2.45, 2.75) is 50.7 Å². The SMILES string of the molecule is Cc1noc(-c2ccc3c(c2)N(S(=O)(=O)c2ccc(C(C)(C)C)cc2)Cc2ccc(C(F)(F)F)nc2N3)n1. The van der Waals surface area contributed by atoms with Crippen LogP contribution in [0.15, 0.2) is 64.0 Å². The normalized spacial score (nSPS) is 13.9. The maximum atomic E-state index is 14.0. The summed E-state index contributed by atoms with van der Waals surface area (Å²) in [6.07, 6.45) is -4.66. The maximum Gasteiger partial charge on any atom is 0.433 e. The third-order valence-corrected chi connectivity index (χ3v) is 7.96. The van der Waals surface area contributed by atoms with Crippen molar-refractivity contribution in [1.82, 2.24) is 15.1 Å². The Morgan fingerprint density at radius 2 is 1.68 bits per heavy atom. The van der Waals surface area contributed by atoms with Crippen molar-refractivity contribution >= 4 is 27.2 Å². The highest BCUT2D eigenvalue weighted by Crippen LogP contribution is 2.41. The van der Waals surface area contributed by atoms with Crippen LogP contribution in [-0.2, 0) is 28.2 Å². The molecule has 12 heteroatoms. The summed E-state index contributed by atoms with van der Waals surface area (Å²) in [6.45, 7) is 7.46. The molecule has 1 aliphatic heterocycles. The van der Waals surface area contributed by atoms with E-state index in [4.69, 9.17) is 4.52 Å². The van der Waals surface area contributed by atoms with E-state index in [9.17, 15) is 21.6 Å². The Labute approximate surface area is 217 Å². The molecular formula is C26H24F3N5O3S. The van der Waals surface area contributed by atoms with Crippen LogP contribution in [-0.4, -0.2) is 23.5 Å². The third-order valence-electron chi connectivity index (χ3n) is 6.19. The van der Waals surface area contributed by atoms with Crippen molar-refractivity contribution in [3.05, 3.63) is 77.2 Å². The van der Waals surface area contributed by atoms with Crippen molar-refractivity contribution in [3.8, 4) is 11.5 Å². The fraction of sp³-hybridized carbons (Fsp3) is 0.269. The van der Waals surface area contributed by atoms with E-state index < -0.39 is 21.9 Å². The number of benzene rings is 2. The van der Waals surface area contributed by atoms with Gasteiger partial charge < -0.3 is 9.84 Å². The van der Waals surface area contributed by atoms with Crippen LogP contribution in [0.1, 0.15) is 43.4 Å². The van der Waals surface area contributed by atoms with Crippen LogP contribution in [0.5, 0.6) is 0 Å². The van der Waals surface area contributed by atoms with E-state index in [0.29, 0.717) is 11.4 Å². The second kappa shape index (κ2) is 8.83. The van der Waals surface area contributed by atoms with Crippen LogP contribution in [0.2, 0.25) is 0 Å². The second-order valence-electron chi connectivity index (χ2n) is 9.99. The number of halogens is 3. The summed E-state index contributed by atoms with van der Waals surface area (Å²) in [6, 6.07) is 13.4. The standard InChI is InChI=1S/C26H24F3N5O3S/c1-15-30-24(37-33-15)16-5-11-20-21(13-16)34(14-17-6-12-22(26(27,28)29)32-23(17)31-20)38(35,36)19-9-7-18(8-10-19)25(2,3)4/h5-13H,14H2,1-4H3,(H,31,32). The van der Waals surface area contributed by atoms with Gasteiger partial charge in [0.05, 0.1) is 22.8 Å². The van der Waals surface area contributed by atoms with Crippen molar-refractivity contribution in [2.24, 2.45) is 0 Å². The quantitative estimate of drug-likeness (QED) is 0.328. The lowest BCUT2D eigenvalue weighted by atomic mass is 9.87. The highest BCUT2D eigenvalue weighted by Gasteiger charge is 2.36. The van der Waals surface area contributed by atoms with Gasteiger partial charge in [0.15, 0.2) is 5.82 Å². The fourth-order valence-corrected chi connectivity index (χ4v) is 5.56. The lowest BCUT2D eigenvalue weighted by Crippen LogP contribution is -2.30. The van der Waals surface area contributed by atoms with Gasteiger partial charge >= 0.3 is 6.18 Å². The Balaban J connectivity index is 1.67. The zero-order chi connectivity index (χ0) is 27.5. The molecule has 0 spiro atoms. The van der Waals surface area contributed by atoms with Gasteiger partial charge in [-0.15, -0.1) is 0 Å². The number of hydrogen-bond acceptors (Lipinski definition) is 7. The smallest absolute Gasteiger partial charge is 0.338 e. The number of pyridine rings is 1. The van der Waals surface area contributed by atoms with Crippen LogP contribution in [0, 0.1) is 6.92 Å². The molecular weight excluding hydrogens is 519 g/mol. The number of anilines is 3. The molecule has 0 bridgehead atoms. The Morgan fingerprint density at radius 1 is 0.974 bits per heavy atom. The minimum absolute atomic E-state index is 0.0406. The first kappa shape index (κ1) is 25.7. The molecule has 5 rings (SSSR count). The van der Waals surface area contributed by atoms with Crippen LogP contribution >= 0.6 is 0 Å². The molecule has 0 saturated heterocycles. The van der Waals surface area contributed by atoms with Gasteiger partial charge in [0, 0.05) is 11.1 Å². The molecule has 3 heterocycles. The highest BCUT2D eigenvalue weighted by atomic mass is 32.2. The van der Waals surface area contributed by atoms with Gasteiger partial charge in [-0.25, -0.2) is 13.4 Å². The van der Waals surface area contributed by atoms with Gasteiger partial charge in [-0.05, 0) is 54.3 Å². The van der Waals surface area contributed by atoms with E-state index >= 15 is 0 Å². The molecule has 198 valence electrons. The van der Waals surface area contributed by atoms with Gasteiger partial charge in [-0.2, -0.15) is 18.2 Å². The third kappa shape index (κ3) is 4.71. The van der Waals surface area contributed by atoms with E-state index in [-0.39, 0.29) is 45.5 Å². The van der Waals surface area contributed by atoms with Crippen LogP contribution in [0.3, 0.4) is 0 Å². The number of sulfonamides is 1. The predicted octanol–water partition coefficient (Wildman–Crippen LogP) is 6.21. The molecule has 0 atom stereocenters. The molecule has 0 radical (unpaired) electrons. The van der Waals surface area contributed by atoms with Crippen LogP contribution in [0.4, 0.5) is 30.4 Å². The summed E-state index contributed by atoms with van der Waals surface area (Å²) in [4.78, 5) is 8.00. The number of aryl methyl sites for hydroxylation is 1. The lowest BCUT2D eigenvalue weighted by Gasteiger charge is -2.25. The van der Waals surface area contributed by atoms with E-state index in [1.54, 1.807) is 37.3 Å². The number of nitrogens with zero attached hydrogens (tertiary/aromatic N) is 4. The number of aromatic nitrogens is 3. The summed E-state index contributed by atoms with van der Waals surface area (Å²) in [5.74, 6) is 0.493. The van der Waals surface area contributed by atoms with Gasteiger partial charge in [0.2, 0.25) is 0 Å². The number of nitrogens with one attached hydrogen (secondary N) is 1. The minimum Gasteiger partial charge on any atom is -0.338 e. The average molecular weight is 544 g/mol. The predicted molar refractivity (Wildman–Crippen MR) is 136 cm³/mol. The Kier molecular flexibility index (Phi) is 5.97. The van der Waals surface area contributed by atoms with E-state index in [1.807, 2.05) is 20.8 Å². The monoisotopic (exact) mass is 543 g/mol. The summed E-state index contributed by atoms with van der Waals surface area (Å²) in [7, 11) is -4.16. The van der Waals surface area contributed by atoms with E-state index in [0.717, 1.165) is 15.9 Å². The number of alkyl halides is 3. The first-order chi connectivity index (χ1) is 17.7. The lowest BCUT2D eigenvalue weighted by molar-refractivity contribution is -0.141. The Hall–Kier alpha value is -3.93. The molecule has 0 fully saturated rings. The summed E-state index contributed by atoms with van der Waals surface area (Å²) < 4.78 is 74.5. The zero-order valence-corrected chi connectivity index (χ0v) is 21.8. The average Bonchev–Trinajstić information content (AvgIpc) is 3.20. The highest BCUT2D eigenvalue weighted by molar-refractivity contribution is 7.92. The number of rotatable bonds is 3. The molecule has 0 aliphatic carbocycles. The first-order valence-corrected chi connectivity index (χ1v) is 13.1. The second-order valence-corrected chi connectivity index (χ2v) is 11.9. The van der Waals surface area contributed by atoms with Crippen molar-refractivity contribution in [1.29, 1.82) is 0 Å². The van der Waals surface area contributed by atoms with Crippen LogP contribution in [0.25, 0.3) is 11.5 Å². The van der Waals surface area contributed by atoms with E-state index in [1.165, 1.54) is 18.2 Å². The van der Waals surface area contributed by atoms with E-state index in [2.05, 4.69) is 20.4 Å². The fourth-order valence-electron chi connectivity index (χ4n) is 4.11. The van der Waals surface area contributed by atoms with Gasteiger partial charge in [0.1, 0.15) is 11.5 Å². The zero-order valence-electron chi connectivity index (χ0n) is 21.0. The number of hydrogen-bond donors (Lipinski definition) is 1. The molecule has 0 saturated carbocycles. The molecule has 4 aromatic rings. The van der Waals surface area contributed by atoms with Gasteiger partial charge in [0.25, 0.3) is 15.9 Å². The van der Waals surface area contributed by atoms with Gasteiger partial charge in [-0.1, -0.05) is 44.1 Å². The van der Waals surface area contributed by atoms with Crippen molar-refractivity contribution in [3.63, 3.8) is 0 Å². The minimum atomic E-state index is -4.66. The topological polar surface area (TPSA) is 101 Å². The molecule has 1 N–H and O–H groups in total. The summed E-state index contributed by atoms with van der Waals surface area (Å²) in [5.41, 5.74) is 0.869. The molecule has 8 nitrogen and oxygen atoms in total. The molecule has 38 heavy (non-hydrogen) atoms. The van der Waals surface area contributed by atoms with Crippen molar-refractivity contribution < 1.29 is 26.1 Å². The maximum absolute atomic E-state index is 14.0. The largest absolute Gasteiger partial charge is 0.433 e. The summed E-state index contributed by atoms with van der Waals surface area (Å²) in [5, 5.41) is 6.68. The van der Waals surface area contributed by atoms with Crippen LogP contribution < -0.4 is 9.62 Å². The molecule has 1 aliphatic rings. The molecule has 2 aromatic heterocycles. The Bertz CT molecular complexity index is 1630.